The highest BCUT2D eigenvalue weighted by Gasteiger charge is 2.20. The lowest BCUT2D eigenvalue weighted by molar-refractivity contribution is 0.451. The van der Waals surface area contributed by atoms with Crippen LogP contribution in [0.15, 0.2) is 12.1 Å². The minimum absolute atomic E-state index is 0.0219. The van der Waals surface area contributed by atoms with E-state index in [0.717, 1.165) is 25.5 Å². The zero-order valence-corrected chi connectivity index (χ0v) is 8.31. The molecule has 1 aromatic carbocycles. The van der Waals surface area contributed by atoms with E-state index >= 15 is 0 Å². The van der Waals surface area contributed by atoms with Crippen molar-refractivity contribution < 1.29 is 9.50 Å². The average molecular weight is 216 g/mol. The van der Waals surface area contributed by atoms with E-state index in [4.69, 9.17) is 11.6 Å². The zero-order chi connectivity index (χ0) is 10.1. The molecule has 0 amide bonds. The van der Waals surface area contributed by atoms with Crippen LogP contribution < -0.4 is 5.32 Å². The van der Waals surface area contributed by atoms with Gasteiger partial charge in [-0.15, -0.1) is 0 Å². The predicted octanol–water partition coefficient (Wildman–Crippen LogP) is 2.61. The normalized spacial score (nSPS) is 21.4. The number of phenolic OH excluding ortho intramolecular Hbond substituents is 1. The van der Waals surface area contributed by atoms with E-state index in [1.54, 1.807) is 0 Å². The van der Waals surface area contributed by atoms with Crippen molar-refractivity contribution >= 4 is 11.6 Å². The number of benzene rings is 1. The molecule has 0 aliphatic carbocycles. The smallest absolute Gasteiger partial charge is 0.145 e. The first-order chi connectivity index (χ1) is 6.68. The molecule has 1 aliphatic heterocycles. The van der Waals surface area contributed by atoms with Crippen LogP contribution in [0.1, 0.15) is 24.4 Å². The highest BCUT2D eigenvalue weighted by atomic mass is 35.5. The van der Waals surface area contributed by atoms with Gasteiger partial charge in [-0.3, -0.25) is 0 Å². The Labute approximate surface area is 86.7 Å². The van der Waals surface area contributed by atoms with E-state index in [9.17, 15) is 9.50 Å². The number of halogens is 2. The van der Waals surface area contributed by atoms with Gasteiger partial charge in [-0.2, -0.15) is 0 Å². The molecule has 1 atom stereocenters. The predicted molar refractivity (Wildman–Crippen MR) is 53.1 cm³/mol. The first-order valence-corrected chi connectivity index (χ1v) is 4.97. The van der Waals surface area contributed by atoms with Crippen molar-refractivity contribution in [1.29, 1.82) is 0 Å². The third kappa shape index (κ3) is 1.70. The quantitative estimate of drug-likeness (QED) is 0.755. The van der Waals surface area contributed by atoms with Crippen LogP contribution in [0.25, 0.3) is 0 Å². The molecule has 0 bridgehead atoms. The van der Waals surface area contributed by atoms with Gasteiger partial charge in [0.05, 0.1) is 5.02 Å². The SMILES string of the molecule is Oc1cc(F)c(Cl)cc1[C@H]1CCCN1. The second kappa shape index (κ2) is 3.75. The summed E-state index contributed by atoms with van der Waals surface area (Å²) in [6.45, 7) is 0.930. The topological polar surface area (TPSA) is 32.3 Å². The van der Waals surface area contributed by atoms with Gasteiger partial charge in [-0.1, -0.05) is 11.6 Å². The summed E-state index contributed by atoms with van der Waals surface area (Å²) in [7, 11) is 0. The minimum atomic E-state index is -0.578. The van der Waals surface area contributed by atoms with Gasteiger partial charge in [-0.25, -0.2) is 4.39 Å². The van der Waals surface area contributed by atoms with Crippen LogP contribution in [0, 0.1) is 5.82 Å². The monoisotopic (exact) mass is 215 g/mol. The number of phenols is 1. The number of hydrogen-bond donors (Lipinski definition) is 2. The molecule has 2 rings (SSSR count). The Kier molecular flexibility index (Phi) is 2.61. The molecule has 0 radical (unpaired) electrons. The highest BCUT2D eigenvalue weighted by molar-refractivity contribution is 6.30. The summed E-state index contributed by atoms with van der Waals surface area (Å²) in [6.07, 6.45) is 2.02. The third-order valence-corrected chi connectivity index (χ3v) is 2.79. The number of nitrogens with one attached hydrogen (secondary N) is 1. The van der Waals surface area contributed by atoms with Gasteiger partial charge >= 0.3 is 0 Å². The summed E-state index contributed by atoms with van der Waals surface area (Å²) >= 11 is 5.65. The minimum Gasteiger partial charge on any atom is -0.508 e. The Hall–Kier alpha value is -0.800. The lowest BCUT2D eigenvalue weighted by Gasteiger charge is -2.12. The van der Waals surface area contributed by atoms with Crippen LogP contribution in [-0.2, 0) is 0 Å². The van der Waals surface area contributed by atoms with Crippen LogP contribution in [-0.4, -0.2) is 11.7 Å². The Bertz CT molecular complexity index is 350. The largest absolute Gasteiger partial charge is 0.508 e. The van der Waals surface area contributed by atoms with Gasteiger partial charge in [-0.05, 0) is 25.5 Å². The van der Waals surface area contributed by atoms with Crippen molar-refractivity contribution in [3.05, 3.63) is 28.5 Å². The molecule has 2 nitrogen and oxygen atoms in total. The van der Waals surface area contributed by atoms with Crippen LogP contribution in [0.4, 0.5) is 4.39 Å². The van der Waals surface area contributed by atoms with Crippen LogP contribution in [0.2, 0.25) is 5.02 Å². The van der Waals surface area contributed by atoms with Crippen LogP contribution >= 0.6 is 11.6 Å². The maximum absolute atomic E-state index is 12.9. The molecular weight excluding hydrogens is 205 g/mol. The van der Waals surface area contributed by atoms with Gasteiger partial charge in [0.25, 0.3) is 0 Å². The van der Waals surface area contributed by atoms with E-state index in [-0.39, 0.29) is 16.8 Å². The summed E-state index contributed by atoms with van der Waals surface area (Å²) in [5, 5.41) is 12.8. The molecular formula is C10H11ClFNO. The van der Waals surface area contributed by atoms with Gasteiger partial charge in [0.2, 0.25) is 0 Å². The van der Waals surface area contributed by atoms with E-state index in [2.05, 4.69) is 5.32 Å². The summed E-state index contributed by atoms with van der Waals surface area (Å²) in [6, 6.07) is 2.67. The van der Waals surface area contributed by atoms with E-state index in [0.29, 0.717) is 5.56 Å². The number of aromatic hydroxyl groups is 1. The van der Waals surface area contributed by atoms with Crippen LogP contribution in [0.5, 0.6) is 5.75 Å². The molecule has 4 heteroatoms. The molecule has 1 saturated heterocycles. The highest BCUT2D eigenvalue weighted by Crippen LogP contribution is 2.33. The first kappa shape index (κ1) is 9.74. The number of rotatable bonds is 1. The Balaban J connectivity index is 2.37. The molecule has 0 unspecified atom stereocenters. The standard InChI is InChI=1S/C10H11ClFNO/c11-7-4-6(9-2-1-3-13-9)10(14)5-8(7)12/h4-5,9,13-14H,1-3H2/t9-/m1/s1. The summed E-state index contributed by atoms with van der Waals surface area (Å²) in [5.74, 6) is -0.600. The molecule has 76 valence electrons. The molecule has 1 heterocycles. The zero-order valence-electron chi connectivity index (χ0n) is 7.56. The second-order valence-corrected chi connectivity index (χ2v) is 3.88. The molecule has 0 spiro atoms. The van der Waals surface area contributed by atoms with Crippen molar-refractivity contribution in [2.75, 3.05) is 6.54 Å². The fourth-order valence-corrected chi connectivity index (χ4v) is 1.95. The van der Waals surface area contributed by atoms with Gasteiger partial charge in [0.1, 0.15) is 11.6 Å². The second-order valence-electron chi connectivity index (χ2n) is 3.47. The molecule has 0 saturated carbocycles. The molecule has 0 aromatic heterocycles. The summed E-state index contributed by atoms with van der Waals surface area (Å²) < 4.78 is 12.9. The third-order valence-electron chi connectivity index (χ3n) is 2.51. The van der Waals surface area contributed by atoms with E-state index in [1.807, 2.05) is 0 Å². The maximum atomic E-state index is 12.9. The van der Waals surface area contributed by atoms with Crippen molar-refractivity contribution in [2.45, 2.75) is 18.9 Å². The Morgan fingerprint density at radius 2 is 2.29 bits per heavy atom. The lowest BCUT2D eigenvalue weighted by Crippen LogP contribution is -2.13. The van der Waals surface area contributed by atoms with Gasteiger partial charge in [0, 0.05) is 17.7 Å². The Morgan fingerprint density at radius 1 is 1.50 bits per heavy atom. The molecule has 2 N–H and O–H groups in total. The van der Waals surface area contributed by atoms with Gasteiger partial charge in [0.15, 0.2) is 0 Å². The van der Waals surface area contributed by atoms with Crippen molar-refractivity contribution in [3.63, 3.8) is 0 Å². The first-order valence-electron chi connectivity index (χ1n) is 4.60. The van der Waals surface area contributed by atoms with Crippen molar-refractivity contribution in [3.8, 4) is 5.75 Å². The number of hydrogen-bond acceptors (Lipinski definition) is 2. The molecule has 1 fully saturated rings. The maximum Gasteiger partial charge on any atom is 0.145 e. The van der Waals surface area contributed by atoms with Gasteiger partial charge < -0.3 is 10.4 Å². The molecule has 1 aliphatic rings. The van der Waals surface area contributed by atoms with Crippen molar-refractivity contribution in [1.82, 2.24) is 5.32 Å². The molecule has 1 aromatic rings. The van der Waals surface area contributed by atoms with E-state index < -0.39 is 5.82 Å². The van der Waals surface area contributed by atoms with E-state index in [1.165, 1.54) is 6.07 Å². The fraction of sp³-hybridized carbons (Fsp3) is 0.400. The lowest BCUT2D eigenvalue weighted by atomic mass is 10.0. The van der Waals surface area contributed by atoms with Crippen molar-refractivity contribution in [2.24, 2.45) is 0 Å². The van der Waals surface area contributed by atoms with Crippen LogP contribution in [0.3, 0.4) is 0 Å². The molecule has 14 heavy (non-hydrogen) atoms. The Morgan fingerprint density at radius 3 is 2.93 bits per heavy atom. The summed E-state index contributed by atoms with van der Waals surface area (Å²) in [4.78, 5) is 0. The fourth-order valence-electron chi connectivity index (χ4n) is 1.78. The summed E-state index contributed by atoms with van der Waals surface area (Å²) in [5.41, 5.74) is 0.689. The average Bonchev–Trinajstić information content (AvgIpc) is 2.64.